The van der Waals surface area contributed by atoms with Gasteiger partial charge < -0.3 is 14.9 Å². The number of anilines is 1. The van der Waals surface area contributed by atoms with Crippen molar-refractivity contribution in [3.8, 4) is 0 Å². The zero-order valence-corrected chi connectivity index (χ0v) is 12.6. The van der Waals surface area contributed by atoms with Gasteiger partial charge in [-0.1, -0.05) is 23.4 Å². The third-order valence-corrected chi connectivity index (χ3v) is 3.23. The number of carbonyl (C=O) groups excluding carboxylic acids is 2. The van der Waals surface area contributed by atoms with E-state index in [-0.39, 0.29) is 12.0 Å². The lowest BCUT2D eigenvalue weighted by Crippen LogP contribution is -2.18. The van der Waals surface area contributed by atoms with Crippen molar-refractivity contribution in [2.24, 2.45) is 5.16 Å². The van der Waals surface area contributed by atoms with Crippen molar-refractivity contribution in [3.63, 3.8) is 0 Å². The summed E-state index contributed by atoms with van der Waals surface area (Å²) in [4.78, 5) is 28.5. The smallest absolute Gasteiger partial charge is 0.356 e. The number of para-hydroxylation sites is 1. The number of esters is 1. The fraction of sp³-hybridized carbons (Fsp3) is 0.438. The molecular formula is C16H20N2O4. The molecule has 6 heteroatoms. The predicted molar refractivity (Wildman–Crippen MR) is 82.5 cm³/mol. The highest BCUT2D eigenvalue weighted by atomic mass is 16.6. The zero-order chi connectivity index (χ0) is 15.8. The van der Waals surface area contributed by atoms with Crippen LogP contribution in [0.2, 0.25) is 0 Å². The number of nitrogens with zero attached hydrogens (tertiary/aromatic N) is 1. The Morgan fingerprint density at radius 3 is 2.86 bits per heavy atom. The zero-order valence-electron chi connectivity index (χ0n) is 12.6. The lowest BCUT2D eigenvalue weighted by atomic mass is 10.1. The molecule has 1 aromatic carbocycles. The number of hydrogen-bond acceptors (Lipinski definition) is 5. The van der Waals surface area contributed by atoms with Gasteiger partial charge in [-0.05, 0) is 31.9 Å². The Labute approximate surface area is 129 Å². The van der Waals surface area contributed by atoms with Gasteiger partial charge in [-0.2, -0.15) is 0 Å². The van der Waals surface area contributed by atoms with E-state index in [9.17, 15) is 9.59 Å². The van der Waals surface area contributed by atoms with Crippen molar-refractivity contribution in [1.29, 1.82) is 0 Å². The highest BCUT2D eigenvalue weighted by molar-refractivity contribution is 6.36. The van der Waals surface area contributed by atoms with E-state index in [1.807, 2.05) is 30.3 Å². The van der Waals surface area contributed by atoms with Gasteiger partial charge in [0.15, 0.2) is 5.71 Å². The van der Waals surface area contributed by atoms with E-state index < -0.39 is 5.97 Å². The molecule has 1 unspecified atom stereocenters. The van der Waals surface area contributed by atoms with Crippen LogP contribution in [-0.2, 0) is 19.2 Å². The van der Waals surface area contributed by atoms with Crippen LogP contribution >= 0.6 is 0 Å². The molecule has 0 bridgehead atoms. The minimum Gasteiger partial charge on any atom is -0.461 e. The molecule has 1 N–H and O–H groups in total. The molecule has 0 radical (unpaired) electrons. The largest absolute Gasteiger partial charge is 0.461 e. The average Bonchev–Trinajstić information content (AvgIpc) is 2.97. The predicted octanol–water partition coefficient (Wildman–Crippen LogP) is 2.50. The van der Waals surface area contributed by atoms with Crippen LogP contribution in [0.3, 0.4) is 0 Å². The molecule has 22 heavy (non-hydrogen) atoms. The molecule has 118 valence electrons. The highest BCUT2D eigenvalue weighted by Crippen LogP contribution is 2.17. The van der Waals surface area contributed by atoms with E-state index in [1.165, 1.54) is 0 Å². The Morgan fingerprint density at radius 2 is 2.14 bits per heavy atom. The second-order valence-corrected chi connectivity index (χ2v) is 5.00. The molecule has 1 heterocycles. The van der Waals surface area contributed by atoms with Crippen LogP contribution in [0, 0.1) is 0 Å². The average molecular weight is 304 g/mol. The molecule has 1 aliphatic rings. The summed E-state index contributed by atoms with van der Waals surface area (Å²) in [7, 11) is 0. The van der Waals surface area contributed by atoms with Crippen molar-refractivity contribution >= 4 is 23.3 Å². The Bertz CT molecular complexity index is 542. The Balaban J connectivity index is 1.64. The van der Waals surface area contributed by atoms with Gasteiger partial charge in [-0.3, -0.25) is 4.79 Å². The number of amides is 1. The summed E-state index contributed by atoms with van der Waals surface area (Å²) < 4.78 is 4.87. The van der Waals surface area contributed by atoms with Crippen LogP contribution in [0.4, 0.5) is 5.69 Å². The standard InChI is InChI=1S/C16H20N2O4/c1-2-21-16(20)14-11-13(22-18-14)9-6-10-15(19)17-12-7-4-3-5-8-12/h3-5,7-8,13H,2,6,9-11H2,1H3,(H,17,19). The maximum absolute atomic E-state index is 11.8. The first-order valence-electron chi connectivity index (χ1n) is 7.43. The van der Waals surface area contributed by atoms with E-state index in [4.69, 9.17) is 9.57 Å². The monoisotopic (exact) mass is 304 g/mol. The van der Waals surface area contributed by atoms with Crippen molar-refractivity contribution in [2.75, 3.05) is 11.9 Å². The first-order valence-corrected chi connectivity index (χ1v) is 7.43. The molecule has 1 atom stereocenters. The third kappa shape index (κ3) is 4.87. The van der Waals surface area contributed by atoms with Gasteiger partial charge in [0.25, 0.3) is 0 Å². The number of oxime groups is 1. The molecule has 0 saturated heterocycles. The van der Waals surface area contributed by atoms with Gasteiger partial charge in [0.1, 0.15) is 6.10 Å². The SMILES string of the molecule is CCOC(=O)C1=NOC(CCCC(=O)Nc2ccccc2)C1. The molecule has 1 aliphatic heterocycles. The fourth-order valence-corrected chi connectivity index (χ4v) is 2.15. The summed E-state index contributed by atoms with van der Waals surface area (Å²) in [6.45, 7) is 2.07. The van der Waals surface area contributed by atoms with E-state index in [2.05, 4.69) is 10.5 Å². The first kappa shape index (κ1) is 16.0. The van der Waals surface area contributed by atoms with Crippen LogP contribution in [0.5, 0.6) is 0 Å². The number of nitrogens with one attached hydrogen (secondary N) is 1. The Hall–Kier alpha value is -2.37. The minimum absolute atomic E-state index is 0.0317. The second kappa shape index (κ2) is 8.17. The number of benzene rings is 1. The first-order chi connectivity index (χ1) is 10.7. The lowest BCUT2D eigenvalue weighted by Gasteiger charge is -2.08. The third-order valence-electron chi connectivity index (χ3n) is 3.23. The normalized spacial score (nSPS) is 16.6. The second-order valence-electron chi connectivity index (χ2n) is 5.00. The molecule has 0 spiro atoms. The molecule has 1 amide bonds. The summed E-state index contributed by atoms with van der Waals surface area (Å²) in [5.41, 5.74) is 1.11. The molecule has 0 aliphatic carbocycles. The van der Waals surface area contributed by atoms with Gasteiger partial charge in [0.2, 0.25) is 5.91 Å². The maximum atomic E-state index is 11.8. The molecule has 0 aromatic heterocycles. The van der Waals surface area contributed by atoms with Crippen LogP contribution in [-0.4, -0.2) is 30.3 Å². The Kier molecular flexibility index (Phi) is 5.94. The van der Waals surface area contributed by atoms with Crippen molar-refractivity contribution < 1.29 is 19.2 Å². The summed E-state index contributed by atoms with van der Waals surface area (Å²) >= 11 is 0. The van der Waals surface area contributed by atoms with E-state index >= 15 is 0 Å². The van der Waals surface area contributed by atoms with Crippen molar-refractivity contribution in [2.45, 2.75) is 38.7 Å². The van der Waals surface area contributed by atoms with Gasteiger partial charge in [0.05, 0.1) is 6.61 Å². The van der Waals surface area contributed by atoms with E-state index in [0.717, 1.165) is 5.69 Å². The van der Waals surface area contributed by atoms with Crippen molar-refractivity contribution in [3.05, 3.63) is 30.3 Å². The van der Waals surface area contributed by atoms with E-state index in [0.29, 0.717) is 38.0 Å². The summed E-state index contributed by atoms with van der Waals surface area (Å²) in [6, 6.07) is 9.33. The molecular weight excluding hydrogens is 284 g/mol. The van der Waals surface area contributed by atoms with Crippen LogP contribution < -0.4 is 5.32 Å². The van der Waals surface area contributed by atoms with Gasteiger partial charge in [0, 0.05) is 18.5 Å². The number of ether oxygens (including phenoxy) is 1. The van der Waals surface area contributed by atoms with Crippen LogP contribution in [0.1, 0.15) is 32.6 Å². The van der Waals surface area contributed by atoms with Gasteiger partial charge in [-0.25, -0.2) is 4.79 Å². The summed E-state index contributed by atoms with van der Waals surface area (Å²) in [6.07, 6.45) is 2.05. The topological polar surface area (TPSA) is 77.0 Å². The highest BCUT2D eigenvalue weighted by Gasteiger charge is 2.26. The fourth-order valence-electron chi connectivity index (χ4n) is 2.15. The summed E-state index contributed by atoms with van der Waals surface area (Å²) in [5.74, 6) is -0.456. The number of rotatable bonds is 7. The van der Waals surface area contributed by atoms with Crippen LogP contribution in [0.15, 0.2) is 35.5 Å². The summed E-state index contributed by atoms with van der Waals surface area (Å²) in [5, 5.41) is 6.57. The quantitative estimate of drug-likeness (QED) is 0.785. The number of carbonyl (C=O) groups is 2. The molecule has 2 rings (SSSR count). The maximum Gasteiger partial charge on any atom is 0.356 e. The minimum atomic E-state index is -0.424. The van der Waals surface area contributed by atoms with Crippen molar-refractivity contribution in [1.82, 2.24) is 0 Å². The molecule has 0 saturated carbocycles. The Morgan fingerprint density at radius 1 is 1.36 bits per heavy atom. The molecule has 0 fully saturated rings. The molecule has 1 aromatic rings. The lowest BCUT2D eigenvalue weighted by molar-refractivity contribution is -0.135. The van der Waals surface area contributed by atoms with Gasteiger partial charge >= 0.3 is 5.97 Å². The van der Waals surface area contributed by atoms with Crippen LogP contribution in [0.25, 0.3) is 0 Å². The van der Waals surface area contributed by atoms with Gasteiger partial charge in [-0.15, -0.1) is 0 Å². The number of hydrogen-bond donors (Lipinski definition) is 1. The molecule has 6 nitrogen and oxygen atoms in total. The van der Waals surface area contributed by atoms with E-state index in [1.54, 1.807) is 6.92 Å².